The van der Waals surface area contributed by atoms with Gasteiger partial charge in [-0.05, 0) is 6.92 Å². The molecule has 4 nitrogen and oxygen atoms in total. The predicted molar refractivity (Wildman–Crippen MR) is 32.9 cm³/mol. The maximum atomic E-state index is 9.36. The average molecular weight is 147 g/mol. The predicted octanol–water partition coefficient (Wildman–Crippen LogP) is -1.35. The molecule has 1 saturated heterocycles. The quantitative estimate of drug-likeness (QED) is 0.429. The van der Waals surface area contributed by atoms with Crippen molar-refractivity contribution in [2.75, 3.05) is 6.61 Å². The third-order valence-electron chi connectivity index (χ3n) is 1.79. The second kappa shape index (κ2) is 2.47. The fourth-order valence-corrected chi connectivity index (χ4v) is 0.863. The van der Waals surface area contributed by atoms with E-state index in [4.69, 9.17) is 14.9 Å². The third-order valence-corrected chi connectivity index (χ3v) is 1.79. The Labute approximate surface area is 59.1 Å². The smallest absolute Gasteiger partial charge is 0.119 e. The molecule has 1 aliphatic rings. The fourth-order valence-electron chi connectivity index (χ4n) is 0.863. The molecular weight excluding hydrogens is 136 g/mol. The molecule has 0 saturated carbocycles. The second-order valence-electron chi connectivity index (χ2n) is 2.61. The molecule has 0 spiro atoms. The van der Waals surface area contributed by atoms with Gasteiger partial charge in [-0.3, -0.25) is 0 Å². The highest BCUT2D eigenvalue weighted by Crippen LogP contribution is 2.27. The van der Waals surface area contributed by atoms with Crippen LogP contribution in [0.2, 0.25) is 0 Å². The summed E-state index contributed by atoms with van der Waals surface area (Å²) in [6.45, 7) is 2.25. The largest absolute Gasteiger partial charge is 0.394 e. The van der Waals surface area contributed by atoms with Gasteiger partial charge in [0.2, 0.25) is 0 Å². The molecule has 0 amide bonds. The van der Waals surface area contributed by atoms with Crippen molar-refractivity contribution >= 4 is 0 Å². The Hall–Kier alpha value is -0.160. The molecule has 59 valence electrons. The van der Waals surface area contributed by atoms with Crippen molar-refractivity contribution in [1.82, 2.24) is 0 Å². The maximum absolute atomic E-state index is 9.36. The zero-order valence-corrected chi connectivity index (χ0v) is 5.69. The van der Waals surface area contributed by atoms with Crippen LogP contribution >= 0.6 is 0 Å². The van der Waals surface area contributed by atoms with Gasteiger partial charge in [0, 0.05) is 0 Å². The van der Waals surface area contributed by atoms with Gasteiger partial charge in [0.05, 0.1) is 6.61 Å². The minimum absolute atomic E-state index is 0.291. The molecule has 0 bridgehead atoms. The van der Waals surface area contributed by atoms with Gasteiger partial charge in [-0.25, -0.2) is 0 Å². The summed E-state index contributed by atoms with van der Waals surface area (Å²) in [6, 6.07) is 0. The molecular formula is C6H11O4. The van der Waals surface area contributed by atoms with Crippen LogP contribution in [0.4, 0.5) is 0 Å². The highest BCUT2D eigenvalue weighted by Gasteiger charge is 2.45. The van der Waals surface area contributed by atoms with Gasteiger partial charge in [0.15, 0.2) is 0 Å². The summed E-state index contributed by atoms with van der Waals surface area (Å²) in [6.07, 6.45) is -1.72. The third kappa shape index (κ3) is 1.03. The number of aliphatic hydroxyl groups is 3. The van der Waals surface area contributed by atoms with Crippen molar-refractivity contribution in [3.63, 3.8) is 0 Å². The summed E-state index contributed by atoms with van der Waals surface area (Å²) >= 11 is 0. The first-order chi connectivity index (χ1) is 4.59. The van der Waals surface area contributed by atoms with Crippen LogP contribution in [0.5, 0.6) is 0 Å². The molecule has 0 unspecified atom stereocenters. The molecule has 4 heteroatoms. The first-order valence-electron chi connectivity index (χ1n) is 3.09. The van der Waals surface area contributed by atoms with E-state index in [1.54, 1.807) is 0 Å². The molecule has 0 aliphatic carbocycles. The zero-order valence-electron chi connectivity index (χ0n) is 5.69. The van der Waals surface area contributed by atoms with Crippen molar-refractivity contribution in [2.24, 2.45) is 0 Å². The molecule has 1 fully saturated rings. The van der Waals surface area contributed by atoms with E-state index in [9.17, 15) is 5.11 Å². The van der Waals surface area contributed by atoms with Gasteiger partial charge in [-0.2, -0.15) is 0 Å². The van der Waals surface area contributed by atoms with Crippen molar-refractivity contribution < 1.29 is 20.1 Å². The van der Waals surface area contributed by atoms with E-state index in [1.807, 2.05) is 0 Å². The Morgan fingerprint density at radius 1 is 1.70 bits per heavy atom. The van der Waals surface area contributed by atoms with Crippen LogP contribution in [-0.4, -0.2) is 39.7 Å². The van der Waals surface area contributed by atoms with E-state index in [0.29, 0.717) is 0 Å². The SMILES string of the molecule is C[C@]1(O)[C@@H](O)[CH]O[C@@H]1CO. The Bertz CT molecular complexity index is 123. The lowest BCUT2D eigenvalue weighted by atomic mass is 9.96. The normalized spacial score (nSPS) is 48.0. The van der Waals surface area contributed by atoms with Crippen LogP contribution in [0, 0.1) is 6.61 Å². The lowest BCUT2D eigenvalue weighted by molar-refractivity contribution is -0.0787. The standard InChI is InChI=1S/C6H11O4/c1-6(9)4(8)3-10-5(6)2-7/h3-5,7-9H,2H2,1H3/t4-,5+,6-/m0/s1. The lowest BCUT2D eigenvalue weighted by Gasteiger charge is -2.24. The molecule has 0 aromatic rings. The summed E-state index contributed by atoms with van der Waals surface area (Å²) in [7, 11) is 0. The monoisotopic (exact) mass is 147 g/mol. The lowest BCUT2D eigenvalue weighted by Crippen LogP contribution is -2.45. The highest BCUT2D eigenvalue weighted by atomic mass is 16.5. The molecule has 3 N–H and O–H groups in total. The van der Waals surface area contributed by atoms with Crippen LogP contribution in [0.1, 0.15) is 6.92 Å². The van der Waals surface area contributed by atoms with E-state index in [2.05, 4.69) is 0 Å². The summed E-state index contributed by atoms with van der Waals surface area (Å²) in [5.41, 5.74) is -1.35. The second-order valence-corrected chi connectivity index (χ2v) is 2.61. The number of aliphatic hydroxyl groups excluding tert-OH is 2. The van der Waals surface area contributed by atoms with Crippen LogP contribution < -0.4 is 0 Å². The minimum Gasteiger partial charge on any atom is -0.394 e. The minimum atomic E-state index is -1.35. The van der Waals surface area contributed by atoms with Crippen molar-refractivity contribution in [3.8, 4) is 0 Å². The van der Waals surface area contributed by atoms with Gasteiger partial charge in [0.1, 0.15) is 24.4 Å². The van der Waals surface area contributed by atoms with Crippen molar-refractivity contribution in [2.45, 2.75) is 24.7 Å². The molecule has 1 rings (SSSR count). The van der Waals surface area contributed by atoms with Gasteiger partial charge in [-0.1, -0.05) is 0 Å². The number of rotatable bonds is 1. The van der Waals surface area contributed by atoms with Gasteiger partial charge < -0.3 is 20.1 Å². The van der Waals surface area contributed by atoms with Crippen LogP contribution in [0.3, 0.4) is 0 Å². The van der Waals surface area contributed by atoms with E-state index in [0.717, 1.165) is 6.61 Å². The van der Waals surface area contributed by atoms with Crippen LogP contribution in [-0.2, 0) is 4.74 Å². The Kier molecular flexibility index (Phi) is 1.96. The van der Waals surface area contributed by atoms with Gasteiger partial charge in [0.25, 0.3) is 0 Å². The maximum Gasteiger partial charge on any atom is 0.119 e. The fraction of sp³-hybridized carbons (Fsp3) is 0.833. The number of ether oxygens (including phenoxy) is 1. The Morgan fingerprint density at radius 2 is 2.30 bits per heavy atom. The molecule has 0 aromatic carbocycles. The molecule has 3 atom stereocenters. The van der Waals surface area contributed by atoms with Crippen molar-refractivity contribution in [3.05, 3.63) is 6.61 Å². The molecule has 10 heavy (non-hydrogen) atoms. The molecule has 1 heterocycles. The highest BCUT2D eigenvalue weighted by molar-refractivity contribution is 5.00. The Balaban J connectivity index is 2.64. The zero-order chi connectivity index (χ0) is 7.78. The van der Waals surface area contributed by atoms with E-state index in [1.165, 1.54) is 6.92 Å². The van der Waals surface area contributed by atoms with Crippen LogP contribution in [0.25, 0.3) is 0 Å². The van der Waals surface area contributed by atoms with Gasteiger partial charge in [-0.15, -0.1) is 0 Å². The van der Waals surface area contributed by atoms with Crippen LogP contribution in [0.15, 0.2) is 0 Å². The molecule has 1 aliphatic heterocycles. The summed E-state index contributed by atoms with van der Waals surface area (Å²) in [5.74, 6) is 0. The Morgan fingerprint density at radius 3 is 2.50 bits per heavy atom. The topological polar surface area (TPSA) is 69.9 Å². The number of hydrogen-bond acceptors (Lipinski definition) is 4. The number of hydrogen-bond donors (Lipinski definition) is 3. The van der Waals surface area contributed by atoms with E-state index >= 15 is 0 Å². The first-order valence-corrected chi connectivity index (χ1v) is 3.09. The molecule has 1 radical (unpaired) electrons. The summed E-state index contributed by atoms with van der Waals surface area (Å²) < 4.78 is 4.75. The summed E-state index contributed by atoms with van der Waals surface area (Å²) in [5, 5.41) is 27.0. The van der Waals surface area contributed by atoms with Crippen molar-refractivity contribution in [1.29, 1.82) is 0 Å². The van der Waals surface area contributed by atoms with E-state index < -0.39 is 17.8 Å². The molecule has 0 aromatic heterocycles. The first kappa shape index (κ1) is 7.94. The van der Waals surface area contributed by atoms with Gasteiger partial charge >= 0.3 is 0 Å². The summed E-state index contributed by atoms with van der Waals surface area (Å²) in [4.78, 5) is 0. The average Bonchev–Trinajstić information content (AvgIpc) is 2.10. The van der Waals surface area contributed by atoms with E-state index in [-0.39, 0.29) is 6.61 Å².